The van der Waals surface area contributed by atoms with Crippen molar-refractivity contribution in [3.63, 3.8) is 0 Å². The van der Waals surface area contributed by atoms with Crippen molar-refractivity contribution >= 4 is 11.8 Å². The van der Waals surface area contributed by atoms with Gasteiger partial charge in [-0.3, -0.25) is 0 Å². The Hall–Kier alpha value is 0.0500. The zero-order valence-corrected chi connectivity index (χ0v) is 7.71. The maximum absolute atomic E-state index is 3.76. The van der Waals surface area contributed by atoms with E-state index in [1.807, 2.05) is 17.8 Å². The minimum Gasteiger partial charge on any atom is -0.311 e. The Morgan fingerprint density at radius 3 is 2.80 bits per heavy atom. The van der Waals surface area contributed by atoms with Crippen LogP contribution in [0.4, 0.5) is 0 Å². The van der Waals surface area contributed by atoms with Crippen molar-refractivity contribution in [2.24, 2.45) is 0 Å². The lowest BCUT2D eigenvalue weighted by atomic mass is 10.2. The number of thioether (sulfide) groups is 1. The smallest absolute Gasteiger partial charge is 0.0255 e. The minimum atomic E-state index is 0.512. The van der Waals surface area contributed by atoms with Crippen molar-refractivity contribution < 1.29 is 0 Å². The molecule has 1 atom stereocenters. The summed E-state index contributed by atoms with van der Waals surface area (Å²) in [5.74, 6) is 1.21. The van der Waals surface area contributed by atoms with E-state index in [0.29, 0.717) is 6.04 Å². The molecule has 0 fully saturated rings. The van der Waals surface area contributed by atoms with E-state index < -0.39 is 0 Å². The van der Waals surface area contributed by atoms with Crippen LogP contribution in [0, 0.1) is 0 Å². The zero-order chi connectivity index (χ0) is 7.82. The molecular formula is C8H17NS. The van der Waals surface area contributed by atoms with Gasteiger partial charge in [-0.1, -0.05) is 13.0 Å². The van der Waals surface area contributed by atoms with Crippen molar-refractivity contribution in [3.8, 4) is 0 Å². The van der Waals surface area contributed by atoms with Crippen LogP contribution in [-0.2, 0) is 0 Å². The van der Waals surface area contributed by atoms with Crippen LogP contribution in [0.3, 0.4) is 0 Å². The molecule has 0 bridgehead atoms. The monoisotopic (exact) mass is 159 g/mol. The topological polar surface area (TPSA) is 12.0 Å². The minimum absolute atomic E-state index is 0.512. The molecule has 2 heteroatoms. The van der Waals surface area contributed by atoms with E-state index in [9.17, 15) is 0 Å². The Morgan fingerprint density at radius 1 is 1.70 bits per heavy atom. The van der Waals surface area contributed by atoms with E-state index >= 15 is 0 Å². The fraction of sp³-hybridized carbons (Fsp3) is 0.750. The fourth-order valence-corrected chi connectivity index (χ4v) is 1.30. The van der Waals surface area contributed by atoms with E-state index in [2.05, 4.69) is 25.1 Å². The summed E-state index contributed by atoms with van der Waals surface area (Å²) in [5, 5.41) is 3.34. The first-order chi connectivity index (χ1) is 4.85. The maximum Gasteiger partial charge on any atom is 0.0255 e. The molecule has 0 aliphatic carbocycles. The van der Waals surface area contributed by atoms with E-state index in [0.717, 1.165) is 6.54 Å². The molecule has 10 heavy (non-hydrogen) atoms. The summed E-state index contributed by atoms with van der Waals surface area (Å²) in [6.45, 7) is 6.91. The number of hydrogen-bond donors (Lipinski definition) is 1. The Kier molecular flexibility index (Phi) is 7.20. The van der Waals surface area contributed by atoms with Crippen molar-refractivity contribution in [2.75, 3.05) is 18.6 Å². The molecule has 1 N–H and O–H groups in total. The first kappa shape index (κ1) is 10.0. The lowest BCUT2D eigenvalue weighted by molar-refractivity contribution is 0.604. The molecule has 0 heterocycles. The maximum atomic E-state index is 3.76. The normalized spacial score (nSPS) is 13.0. The standard InChI is InChI=1S/C8H17NS/c1-4-8(9-5-2)6-7-10-3/h4,8-9H,1,5-7H2,2-3H3. The van der Waals surface area contributed by atoms with E-state index in [-0.39, 0.29) is 0 Å². The van der Waals surface area contributed by atoms with Gasteiger partial charge in [0.1, 0.15) is 0 Å². The molecule has 0 spiro atoms. The molecule has 1 unspecified atom stereocenters. The summed E-state index contributed by atoms with van der Waals surface area (Å²) in [5.41, 5.74) is 0. The van der Waals surface area contributed by atoms with Gasteiger partial charge in [0.05, 0.1) is 0 Å². The third-order valence-electron chi connectivity index (χ3n) is 1.38. The average molecular weight is 159 g/mol. The Labute approximate surface area is 68.3 Å². The highest BCUT2D eigenvalue weighted by Gasteiger charge is 1.98. The summed E-state index contributed by atoms with van der Waals surface area (Å²) >= 11 is 1.88. The fourth-order valence-electron chi connectivity index (χ4n) is 0.810. The van der Waals surface area contributed by atoms with Crippen LogP contribution in [0.1, 0.15) is 13.3 Å². The number of rotatable bonds is 6. The first-order valence-corrected chi connectivity index (χ1v) is 5.09. The number of likely N-dealkylation sites (N-methyl/N-ethyl adjacent to an activating group) is 1. The highest BCUT2D eigenvalue weighted by atomic mass is 32.2. The largest absolute Gasteiger partial charge is 0.311 e. The number of hydrogen-bond acceptors (Lipinski definition) is 2. The lowest BCUT2D eigenvalue weighted by Crippen LogP contribution is -2.26. The molecule has 0 amide bonds. The summed E-state index contributed by atoms with van der Waals surface area (Å²) in [6, 6.07) is 0.512. The molecule has 0 rings (SSSR count). The van der Waals surface area contributed by atoms with Crippen LogP contribution < -0.4 is 5.32 Å². The third-order valence-corrected chi connectivity index (χ3v) is 2.03. The SMILES string of the molecule is C=CC(CCSC)NCC. The van der Waals surface area contributed by atoms with Crippen LogP contribution in [-0.4, -0.2) is 24.6 Å². The van der Waals surface area contributed by atoms with Crippen molar-refractivity contribution in [3.05, 3.63) is 12.7 Å². The van der Waals surface area contributed by atoms with Gasteiger partial charge in [0.2, 0.25) is 0 Å². The molecule has 0 saturated heterocycles. The van der Waals surface area contributed by atoms with Crippen LogP contribution in [0.2, 0.25) is 0 Å². The molecule has 0 radical (unpaired) electrons. The van der Waals surface area contributed by atoms with Crippen LogP contribution >= 0.6 is 11.8 Å². The zero-order valence-electron chi connectivity index (χ0n) is 6.89. The summed E-state index contributed by atoms with van der Waals surface area (Å²) < 4.78 is 0. The summed E-state index contributed by atoms with van der Waals surface area (Å²) in [4.78, 5) is 0. The third kappa shape index (κ3) is 4.89. The van der Waals surface area contributed by atoms with Crippen LogP contribution in [0.25, 0.3) is 0 Å². The lowest BCUT2D eigenvalue weighted by Gasteiger charge is -2.11. The number of nitrogens with one attached hydrogen (secondary N) is 1. The predicted molar refractivity (Wildman–Crippen MR) is 50.7 cm³/mol. The Morgan fingerprint density at radius 2 is 2.40 bits per heavy atom. The van der Waals surface area contributed by atoms with Gasteiger partial charge in [-0.2, -0.15) is 11.8 Å². The molecule has 60 valence electrons. The quantitative estimate of drug-likeness (QED) is 0.594. The molecule has 0 aliphatic rings. The molecule has 0 aromatic heterocycles. The van der Waals surface area contributed by atoms with E-state index in [1.54, 1.807) is 0 Å². The van der Waals surface area contributed by atoms with Gasteiger partial charge in [-0.25, -0.2) is 0 Å². The van der Waals surface area contributed by atoms with Gasteiger partial charge in [0, 0.05) is 6.04 Å². The van der Waals surface area contributed by atoms with Gasteiger partial charge in [0.25, 0.3) is 0 Å². The van der Waals surface area contributed by atoms with Gasteiger partial charge >= 0.3 is 0 Å². The van der Waals surface area contributed by atoms with Crippen LogP contribution in [0.5, 0.6) is 0 Å². The van der Waals surface area contributed by atoms with Gasteiger partial charge in [0.15, 0.2) is 0 Å². The summed E-state index contributed by atoms with van der Waals surface area (Å²) in [6.07, 6.45) is 5.31. The molecule has 0 aromatic carbocycles. The van der Waals surface area contributed by atoms with Crippen molar-refractivity contribution in [2.45, 2.75) is 19.4 Å². The molecule has 1 nitrogen and oxygen atoms in total. The van der Waals surface area contributed by atoms with Crippen molar-refractivity contribution in [1.29, 1.82) is 0 Å². The second kappa shape index (κ2) is 7.16. The van der Waals surface area contributed by atoms with E-state index in [4.69, 9.17) is 0 Å². The molecular weight excluding hydrogens is 142 g/mol. The highest BCUT2D eigenvalue weighted by molar-refractivity contribution is 7.98. The highest BCUT2D eigenvalue weighted by Crippen LogP contribution is 2.00. The Balaban J connectivity index is 3.29. The average Bonchev–Trinajstić information content (AvgIpc) is 1.98. The van der Waals surface area contributed by atoms with Gasteiger partial charge in [-0.15, -0.1) is 6.58 Å². The molecule has 0 saturated carbocycles. The summed E-state index contributed by atoms with van der Waals surface area (Å²) in [7, 11) is 0. The van der Waals surface area contributed by atoms with Gasteiger partial charge < -0.3 is 5.32 Å². The molecule has 0 aromatic rings. The van der Waals surface area contributed by atoms with Crippen molar-refractivity contribution in [1.82, 2.24) is 5.32 Å². The first-order valence-electron chi connectivity index (χ1n) is 3.70. The molecule has 0 aliphatic heterocycles. The predicted octanol–water partition coefficient (Wildman–Crippen LogP) is 1.90. The van der Waals surface area contributed by atoms with E-state index in [1.165, 1.54) is 12.2 Å². The second-order valence-corrected chi connectivity index (χ2v) is 3.17. The second-order valence-electron chi connectivity index (χ2n) is 2.18. The Bertz CT molecular complexity index is 83.3. The van der Waals surface area contributed by atoms with Crippen LogP contribution in [0.15, 0.2) is 12.7 Å². The van der Waals surface area contributed by atoms with Gasteiger partial charge in [-0.05, 0) is 25.0 Å².